The molecule has 8 heteroatoms. The lowest BCUT2D eigenvalue weighted by atomic mass is 9.85. The van der Waals surface area contributed by atoms with Crippen LogP contribution in [0.15, 0.2) is 18.3 Å². The Bertz CT molecular complexity index is 903. The maximum Gasteiger partial charge on any atom is 0.178 e. The number of nitrogens with zero attached hydrogens (tertiary/aromatic N) is 6. The molecular weight excluding hydrogens is 328 g/mol. The summed E-state index contributed by atoms with van der Waals surface area (Å²) in [4.78, 5) is 2.33. The topological polar surface area (TPSA) is 87.0 Å². The Morgan fingerprint density at radius 1 is 1.23 bits per heavy atom. The molecule has 136 valence electrons. The van der Waals surface area contributed by atoms with Crippen molar-refractivity contribution in [1.82, 2.24) is 35.3 Å². The maximum absolute atomic E-state index is 4.81. The summed E-state index contributed by atoms with van der Waals surface area (Å²) in [5, 5.41) is 24.0. The van der Waals surface area contributed by atoms with Crippen molar-refractivity contribution in [2.75, 3.05) is 24.5 Å². The van der Waals surface area contributed by atoms with Crippen LogP contribution in [0.2, 0.25) is 0 Å². The quantitative estimate of drug-likeness (QED) is 0.701. The van der Waals surface area contributed by atoms with Crippen LogP contribution in [-0.4, -0.2) is 49.6 Å². The predicted octanol–water partition coefficient (Wildman–Crippen LogP) is 1.65. The van der Waals surface area contributed by atoms with E-state index in [1.807, 2.05) is 16.8 Å². The van der Waals surface area contributed by atoms with Crippen molar-refractivity contribution < 1.29 is 0 Å². The SMILES string of the molecule is Cc1[nH]ncc1CNCC1CN(c2ccc3nnc(C4CCC4)n3n2)C1. The fraction of sp³-hybridized carbons (Fsp3) is 0.556. The van der Waals surface area contributed by atoms with E-state index in [-0.39, 0.29) is 0 Å². The third-order valence-corrected chi connectivity index (χ3v) is 5.71. The van der Waals surface area contributed by atoms with Gasteiger partial charge in [0.1, 0.15) is 5.82 Å². The second kappa shape index (κ2) is 6.35. The molecule has 3 aromatic heterocycles. The van der Waals surface area contributed by atoms with Crippen LogP contribution in [0, 0.1) is 12.8 Å². The molecule has 0 bridgehead atoms. The zero-order valence-electron chi connectivity index (χ0n) is 15.0. The van der Waals surface area contributed by atoms with Crippen LogP contribution >= 0.6 is 0 Å². The highest BCUT2D eigenvalue weighted by atomic mass is 15.4. The lowest BCUT2D eigenvalue weighted by molar-refractivity contribution is 0.378. The standard InChI is InChI=1S/C18H24N8/c1-12-15(9-20-21-12)8-19-7-13-10-25(11-13)17-6-5-16-22-23-18(26(16)24-17)14-3-2-4-14/h5-6,9,13-14,19H,2-4,7-8,10-11H2,1H3,(H,20,21). The monoisotopic (exact) mass is 352 g/mol. The van der Waals surface area contributed by atoms with Gasteiger partial charge < -0.3 is 10.2 Å². The minimum Gasteiger partial charge on any atom is -0.354 e. The molecule has 26 heavy (non-hydrogen) atoms. The van der Waals surface area contributed by atoms with E-state index in [0.717, 1.165) is 49.2 Å². The van der Waals surface area contributed by atoms with Crippen LogP contribution in [0.3, 0.4) is 0 Å². The molecule has 8 nitrogen and oxygen atoms in total. The van der Waals surface area contributed by atoms with E-state index in [0.29, 0.717) is 11.8 Å². The first-order valence-corrected chi connectivity index (χ1v) is 9.45. The summed E-state index contributed by atoms with van der Waals surface area (Å²) in [6.45, 7) is 6.02. The highest BCUT2D eigenvalue weighted by molar-refractivity contribution is 5.47. The molecule has 2 fully saturated rings. The summed E-state index contributed by atoms with van der Waals surface area (Å²) < 4.78 is 1.95. The van der Waals surface area contributed by atoms with Gasteiger partial charge in [0.25, 0.3) is 0 Å². The Labute approximate surface area is 152 Å². The molecule has 1 aliphatic heterocycles. The number of hydrogen-bond donors (Lipinski definition) is 2. The zero-order chi connectivity index (χ0) is 17.5. The molecule has 0 unspecified atom stereocenters. The lowest BCUT2D eigenvalue weighted by Gasteiger charge is -2.40. The van der Waals surface area contributed by atoms with Crippen LogP contribution in [0.4, 0.5) is 5.82 Å². The predicted molar refractivity (Wildman–Crippen MR) is 98.1 cm³/mol. The molecule has 1 saturated heterocycles. The lowest BCUT2D eigenvalue weighted by Crippen LogP contribution is -2.51. The number of nitrogens with one attached hydrogen (secondary N) is 2. The average Bonchev–Trinajstić information content (AvgIpc) is 3.15. The number of aromatic nitrogens is 6. The first-order valence-electron chi connectivity index (χ1n) is 9.45. The van der Waals surface area contributed by atoms with E-state index >= 15 is 0 Å². The van der Waals surface area contributed by atoms with E-state index in [2.05, 4.69) is 43.6 Å². The molecule has 1 saturated carbocycles. The molecule has 4 heterocycles. The minimum atomic E-state index is 0.535. The van der Waals surface area contributed by atoms with Gasteiger partial charge in [0.15, 0.2) is 11.5 Å². The van der Waals surface area contributed by atoms with E-state index in [4.69, 9.17) is 5.10 Å². The van der Waals surface area contributed by atoms with Gasteiger partial charge in [-0.3, -0.25) is 5.10 Å². The van der Waals surface area contributed by atoms with Crippen LogP contribution in [0.5, 0.6) is 0 Å². The van der Waals surface area contributed by atoms with E-state index in [1.54, 1.807) is 0 Å². The third kappa shape index (κ3) is 2.74. The van der Waals surface area contributed by atoms with Crippen LogP contribution in [0.25, 0.3) is 5.65 Å². The van der Waals surface area contributed by atoms with E-state index < -0.39 is 0 Å². The van der Waals surface area contributed by atoms with Crippen molar-refractivity contribution in [2.24, 2.45) is 5.92 Å². The molecule has 0 aromatic carbocycles. The molecular formula is C18H24N8. The molecule has 0 atom stereocenters. The highest BCUT2D eigenvalue weighted by Crippen LogP contribution is 2.35. The van der Waals surface area contributed by atoms with Gasteiger partial charge >= 0.3 is 0 Å². The highest BCUT2D eigenvalue weighted by Gasteiger charge is 2.29. The Kier molecular flexibility index (Phi) is 3.85. The van der Waals surface area contributed by atoms with Crippen LogP contribution in [-0.2, 0) is 6.54 Å². The smallest absolute Gasteiger partial charge is 0.178 e. The van der Waals surface area contributed by atoms with Crippen molar-refractivity contribution in [2.45, 2.75) is 38.6 Å². The van der Waals surface area contributed by atoms with Gasteiger partial charge in [0.2, 0.25) is 0 Å². The second-order valence-corrected chi connectivity index (χ2v) is 7.57. The van der Waals surface area contributed by atoms with Gasteiger partial charge in [0, 0.05) is 49.3 Å². The Morgan fingerprint density at radius 2 is 2.12 bits per heavy atom. The van der Waals surface area contributed by atoms with Gasteiger partial charge in [0.05, 0.1) is 6.20 Å². The molecule has 0 spiro atoms. The summed E-state index contributed by atoms with van der Waals surface area (Å²) in [6.07, 6.45) is 5.60. The first-order chi connectivity index (χ1) is 12.8. The fourth-order valence-electron chi connectivity index (χ4n) is 3.74. The molecule has 1 aliphatic carbocycles. The van der Waals surface area contributed by atoms with Crippen molar-refractivity contribution in [3.63, 3.8) is 0 Å². The number of H-pyrrole nitrogens is 1. The number of rotatable bonds is 6. The second-order valence-electron chi connectivity index (χ2n) is 7.57. The average molecular weight is 352 g/mol. The van der Waals surface area contributed by atoms with Gasteiger partial charge in [-0.25, -0.2) is 0 Å². The van der Waals surface area contributed by atoms with Crippen LogP contribution in [0.1, 0.15) is 42.3 Å². The molecule has 0 amide bonds. The largest absolute Gasteiger partial charge is 0.354 e. The van der Waals surface area contributed by atoms with Gasteiger partial charge in [-0.15, -0.1) is 15.3 Å². The minimum absolute atomic E-state index is 0.535. The van der Waals surface area contributed by atoms with E-state index in [9.17, 15) is 0 Å². The van der Waals surface area contributed by atoms with Gasteiger partial charge in [-0.2, -0.15) is 9.61 Å². The number of fused-ring (bicyclic) bond motifs is 1. The van der Waals surface area contributed by atoms with Crippen molar-refractivity contribution >= 4 is 11.5 Å². The van der Waals surface area contributed by atoms with E-state index in [1.165, 1.54) is 24.8 Å². The van der Waals surface area contributed by atoms with Crippen molar-refractivity contribution in [3.05, 3.63) is 35.4 Å². The summed E-state index contributed by atoms with van der Waals surface area (Å²) in [6, 6.07) is 4.10. The summed E-state index contributed by atoms with van der Waals surface area (Å²) >= 11 is 0. The fourth-order valence-corrected chi connectivity index (χ4v) is 3.74. The molecule has 2 aliphatic rings. The van der Waals surface area contributed by atoms with Crippen molar-refractivity contribution in [3.8, 4) is 0 Å². The molecule has 5 rings (SSSR count). The summed E-state index contributed by atoms with van der Waals surface area (Å²) in [5.74, 6) is 3.25. The van der Waals surface area contributed by atoms with Crippen LogP contribution < -0.4 is 10.2 Å². The number of hydrogen-bond acceptors (Lipinski definition) is 6. The third-order valence-electron chi connectivity index (χ3n) is 5.71. The Morgan fingerprint density at radius 3 is 2.85 bits per heavy atom. The molecule has 2 N–H and O–H groups in total. The Hall–Kier alpha value is -2.48. The number of aryl methyl sites for hydroxylation is 1. The van der Waals surface area contributed by atoms with Gasteiger partial charge in [-0.05, 0) is 31.9 Å². The normalized spacial score (nSPS) is 18.3. The molecule has 0 radical (unpaired) electrons. The molecule has 3 aromatic rings. The summed E-state index contributed by atoms with van der Waals surface area (Å²) in [5.41, 5.74) is 3.23. The summed E-state index contributed by atoms with van der Waals surface area (Å²) in [7, 11) is 0. The Balaban J connectivity index is 1.19. The zero-order valence-corrected chi connectivity index (χ0v) is 15.0. The number of anilines is 1. The number of aromatic amines is 1. The van der Waals surface area contributed by atoms with Crippen molar-refractivity contribution in [1.29, 1.82) is 0 Å². The van der Waals surface area contributed by atoms with Gasteiger partial charge in [-0.1, -0.05) is 6.42 Å². The first kappa shape index (κ1) is 15.7. The maximum atomic E-state index is 4.81.